The van der Waals surface area contributed by atoms with Gasteiger partial charge in [0.1, 0.15) is 5.52 Å². The van der Waals surface area contributed by atoms with Crippen LogP contribution in [0.25, 0.3) is 27.4 Å². The first-order valence-corrected chi connectivity index (χ1v) is 10.3. The Morgan fingerprint density at radius 2 is 1.79 bits per heavy atom. The van der Waals surface area contributed by atoms with Gasteiger partial charge in [-0.1, -0.05) is 24.3 Å². The molecule has 140 valence electrons. The van der Waals surface area contributed by atoms with E-state index in [-0.39, 0.29) is 5.91 Å². The van der Waals surface area contributed by atoms with E-state index < -0.39 is 0 Å². The lowest BCUT2D eigenvalue weighted by Crippen LogP contribution is -2.36. The van der Waals surface area contributed by atoms with Gasteiger partial charge in [0.2, 0.25) is 11.8 Å². The highest BCUT2D eigenvalue weighted by atomic mass is 32.1. The van der Waals surface area contributed by atoms with Crippen LogP contribution in [0.1, 0.15) is 29.7 Å². The van der Waals surface area contributed by atoms with Crippen molar-refractivity contribution in [1.29, 1.82) is 0 Å². The van der Waals surface area contributed by atoms with E-state index in [9.17, 15) is 4.79 Å². The van der Waals surface area contributed by atoms with Crippen molar-refractivity contribution >= 4 is 44.6 Å². The van der Waals surface area contributed by atoms with Crippen LogP contribution < -0.4 is 0 Å². The summed E-state index contributed by atoms with van der Waals surface area (Å²) in [6.45, 7) is 1.49. The Labute approximate surface area is 166 Å². The number of aromatic nitrogens is 2. The minimum absolute atomic E-state index is 0.00464. The number of carbonyl (C=O) groups is 1. The normalized spacial score (nSPS) is 15.8. The molecule has 3 heterocycles. The molecular formula is C22H19N3O2S. The van der Waals surface area contributed by atoms with Crippen molar-refractivity contribution < 1.29 is 9.21 Å². The number of hydrogen-bond donors (Lipinski definition) is 0. The minimum atomic E-state index is 0.00464. The number of thiazole rings is 1. The number of likely N-dealkylation sites (tertiary alicyclic amines) is 1. The Kier molecular flexibility index (Phi) is 4.41. The van der Waals surface area contributed by atoms with Crippen LogP contribution >= 0.6 is 11.3 Å². The van der Waals surface area contributed by atoms with E-state index in [0.29, 0.717) is 11.8 Å². The molecule has 0 radical (unpaired) electrons. The maximum atomic E-state index is 12.5. The molecular weight excluding hydrogens is 370 g/mol. The molecule has 6 heteroatoms. The highest BCUT2D eigenvalue weighted by Crippen LogP contribution is 2.33. The zero-order valence-corrected chi connectivity index (χ0v) is 16.1. The van der Waals surface area contributed by atoms with Crippen molar-refractivity contribution in [1.82, 2.24) is 14.9 Å². The zero-order chi connectivity index (χ0) is 18.9. The van der Waals surface area contributed by atoms with Crippen molar-refractivity contribution in [2.75, 3.05) is 13.1 Å². The summed E-state index contributed by atoms with van der Waals surface area (Å²) in [7, 11) is 0. The molecule has 0 atom stereocenters. The number of piperidine rings is 1. The summed E-state index contributed by atoms with van der Waals surface area (Å²) < 4.78 is 6.87. The van der Waals surface area contributed by atoms with Crippen molar-refractivity contribution in [3.05, 3.63) is 65.5 Å². The van der Waals surface area contributed by atoms with Gasteiger partial charge in [0.15, 0.2) is 5.58 Å². The summed E-state index contributed by atoms with van der Waals surface area (Å²) in [6, 6.07) is 15.8. The molecule has 0 saturated carbocycles. The number of amides is 1. The van der Waals surface area contributed by atoms with Crippen LogP contribution in [0.4, 0.5) is 0 Å². The van der Waals surface area contributed by atoms with Gasteiger partial charge in [0, 0.05) is 31.2 Å². The Bertz CT molecular complexity index is 1100. The average molecular weight is 389 g/mol. The lowest BCUT2D eigenvalue weighted by molar-refractivity contribution is -0.126. The number of benzene rings is 2. The molecule has 1 aliphatic rings. The lowest BCUT2D eigenvalue weighted by Gasteiger charge is -2.30. The number of fused-ring (bicyclic) bond motifs is 2. The van der Waals surface area contributed by atoms with E-state index in [1.54, 1.807) is 23.5 Å². The zero-order valence-electron chi connectivity index (χ0n) is 15.2. The topological polar surface area (TPSA) is 59.2 Å². The number of rotatable bonds is 3. The van der Waals surface area contributed by atoms with Crippen molar-refractivity contribution in [3.63, 3.8) is 0 Å². The van der Waals surface area contributed by atoms with Gasteiger partial charge in [-0.2, -0.15) is 0 Å². The van der Waals surface area contributed by atoms with Crippen molar-refractivity contribution in [2.24, 2.45) is 0 Å². The summed E-state index contributed by atoms with van der Waals surface area (Å²) in [5, 5.41) is 1.19. The van der Waals surface area contributed by atoms with Gasteiger partial charge in [-0.15, -0.1) is 11.3 Å². The van der Waals surface area contributed by atoms with Gasteiger partial charge in [-0.25, -0.2) is 9.97 Å². The van der Waals surface area contributed by atoms with Gasteiger partial charge < -0.3 is 9.32 Å². The van der Waals surface area contributed by atoms with Crippen LogP contribution in [0.3, 0.4) is 0 Å². The van der Waals surface area contributed by atoms with Crippen LogP contribution in [-0.4, -0.2) is 33.9 Å². The fourth-order valence-electron chi connectivity index (χ4n) is 3.62. The summed E-state index contributed by atoms with van der Waals surface area (Å²) in [5.41, 5.74) is 2.60. The molecule has 2 aromatic heterocycles. The molecule has 0 bridgehead atoms. The molecule has 1 aliphatic heterocycles. The fraction of sp³-hybridized carbons (Fsp3) is 0.227. The van der Waals surface area contributed by atoms with Crippen LogP contribution in [0.2, 0.25) is 0 Å². The largest absolute Gasteiger partial charge is 0.437 e. The second-order valence-corrected chi connectivity index (χ2v) is 8.03. The van der Waals surface area contributed by atoms with Gasteiger partial charge in [-0.3, -0.25) is 4.79 Å². The average Bonchev–Trinajstić information content (AvgIpc) is 3.35. The molecule has 0 spiro atoms. The quantitative estimate of drug-likeness (QED) is 0.470. The number of oxazole rings is 1. The first-order chi connectivity index (χ1) is 13.8. The third-order valence-electron chi connectivity index (χ3n) is 5.15. The Balaban J connectivity index is 1.22. The van der Waals surface area contributed by atoms with Gasteiger partial charge in [0.25, 0.3) is 0 Å². The monoisotopic (exact) mass is 389 g/mol. The van der Waals surface area contributed by atoms with E-state index in [0.717, 1.165) is 42.5 Å². The second kappa shape index (κ2) is 7.20. The number of hydrogen-bond acceptors (Lipinski definition) is 5. The number of para-hydroxylation sites is 3. The minimum Gasteiger partial charge on any atom is -0.437 e. The molecule has 2 aromatic carbocycles. The maximum absolute atomic E-state index is 12.5. The van der Waals surface area contributed by atoms with Crippen LogP contribution in [0.15, 0.2) is 59.0 Å². The van der Waals surface area contributed by atoms with E-state index >= 15 is 0 Å². The molecule has 5 rings (SSSR count). The van der Waals surface area contributed by atoms with E-state index in [1.807, 2.05) is 35.2 Å². The SMILES string of the molecule is O=C(C=Cc1nc2ccccc2o1)N1CCC(c2nc3ccccc3s2)CC1. The molecule has 1 saturated heterocycles. The maximum Gasteiger partial charge on any atom is 0.246 e. The molecule has 1 fully saturated rings. The summed E-state index contributed by atoms with van der Waals surface area (Å²) in [4.78, 5) is 23.6. The van der Waals surface area contributed by atoms with Crippen LogP contribution in [0.5, 0.6) is 0 Å². The Morgan fingerprint density at radius 1 is 1.04 bits per heavy atom. The molecule has 0 N–H and O–H groups in total. The lowest BCUT2D eigenvalue weighted by atomic mass is 9.97. The van der Waals surface area contributed by atoms with Gasteiger partial charge in [0.05, 0.1) is 15.2 Å². The highest BCUT2D eigenvalue weighted by Gasteiger charge is 2.25. The third kappa shape index (κ3) is 3.31. The number of carbonyl (C=O) groups excluding carboxylic acids is 1. The van der Waals surface area contributed by atoms with Crippen molar-refractivity contribution in [2.45, 2.75) is 18.8 Å². The molecule has 0 aliphatic carbocycles. The summed E-state index contributed by atoms with van der Waals surface area (Å²) in [5.74, 6) is 0.895. The number of nitrogens with zero attached hydrogens (tertiary/aromatic N) is 3. The standard InChI is InChI=1S/C22H19N3O2S/c26-21(10-9-20-23-16-5-1-3-7-18(16)27-20)25-13-11-15(12-14-25)22-24-17-6-2-4-8-19(17)28-22/h1-10,15H,11-14H2. The smallest absolute Gasteiger partial charge is 0.246 e. The second-order valence-electron chi connectivity index (χ2n) is 6.97. The van der Waals surface area contributed by atoms with Crippen LogP contribution in [-0.2, 0) is 4.79 Å². The molecule has 28 heavy (non-hydrogen) atoms. The Morgan fingerprint density at radius 3 is 2.57 bits per heavy atom. The van der Waals surface area contributed by atoms with Gasteiger partial charge >= 0.3 is 0 Å². The molecule has 1 amide bonds. The predicted octanol–water partition coefficient (Wildman–Crippen LogP) is 4.86. The van der Waals surface area contributed by atoms with Crippen LogP contribution in [0, 0.1) is 0 Å². The Hall–Kier alpha value is -2.99. The molecule has 4 aromatic rings. The third-order valence-corrected chi connectivity index (χ3v) is 6.34. The van der Waals surface area contributed by atoms with Crippen molar-refractivity contribution in [3.8, 4) is 0 Å². The summed E-state index contributed by atoms with van der Waals surface area (Å²) >= 11 is 1.77. The van der Waals surface area contributed by atoms with Gasteiger partial charge in [-0.05, 0) is 37.1 Å². The van der Waals surface area contributed by atoms with E-state index in [4.69, 9.17) is 9.40 Å². The van der Waals surface area contributed by atoms with E-state index in [1.165, 1.54) is 9.71 Å². The molecule has 0 unspecified atom stereocenters. The first kappa shape index (κ1) is 17.1. The molecule has 5 nitrogen and oxygen atoms in total. The fourth-order valence-corrected chi connectivity index (χ4v) is 4.76. The predicted molar refractivity (Wildman–Crippen MR) is 111 cm³/mol. The first-order valence-electron chi connectivity index (χ1n) is 9.44. The van der Waals surface area contributed by atoms with E-state index in [2.05, 4.69) is 23.2 Å². The summed E-state index contributed by atoms with van der Waals surface area (Å²) in [6.07, 6.45) is 5.11. The highest BCUT2D eigenvalue weighted by molar-refractivity contribution is 7.18.